The molecule has 106 valence electrons. The van der Waals surface area contributed by atoms with Gasteiger partial charge in [0.25, 0.3) is 0 Å². The third-order valence-corrected chi connectivity index (χ3v) is 3.37. The molecule has 18 heavy (non-hydrogen) atoms. The average Bonchev–Trinajstić information content (AvgIpc) is 2.17. The molecule has 1 fully saturated rings. The van der Waals surface area contributed by atoms with Crippen LogP contribution in [0.25, 0.3) is 0 Å². The molecule has 3 nitrogen and oxygen atoms in total. The fraction of sp³-hybridized carbons (Fsp3) is 0.933. The monoisotopic (exact) mass is 255 g/mol. The smallest absolute Gasteiger partial charge is 0.407 e. The summed E-state index contributed by atoms with van der Waals surface area (Å²) in [5, 5.41) is 2.99. The summed E-state index contributed by atoms with van der Waals surface area (Å²) >= 11 is 0. The number of rotatable bonds is 3. The molecule has 1 aliphatic rings. The van der Waals surface area contributed by atoms with Gasteiger partial charge in [-0.05, 0) is 64.7 Å². The third-order valence-electron chi connectivity index (χ3n) is 3.37. The molecule has 0 radical (unpaired) electrons. The highest BCUT2D eigenvalue weighted by molar-refractivity contribution is 5.68. The van der Waals surface area contributed by atoms with E-state index in [1.54, 1.807) is 0 Å². The van der Waals surface area contributed by atoms with Crippen LogP contribution in [0.3, 0.4) is 0 Å². The summed E-state index contributed by atoms with van der Waals surface area (Å²) < 4.78 is 5.28. The molecule has 1 N–H and O–H groups in total. The number of amides is 1. The summed E-state index contributed by atoms with van der Waals surface area (Å²) in [5.41, 5.74) is -0.404. The lowest BCUT2D eigenvalue weighted by Gasteiger charge is -2.30. The third kappa shape index (κ3) is 6.27. The molecular formula is C15H29NO2. The quantitative estimate of drug-likeness (QED) is 0.824. The van der Waals surface area contributed by atoms with Gasteiger partial charge in [-0.15, -0.1) is 0 Å². The molecule has 0 bridgehead atoms. The molecule has 0 saturated heterocycles. The summed E-state index contributed by atoms with van der Waals surface area (Å²) in [6, 6.07) is 0.309. The van der Waals surface area contributed by atoms with Crippen LogP contribution < -0.4 is 5.32 Å². The van der Waals surface area contributed by atoms with Crippen molar-refractivity contribution in [3.05, 3.63) is 0 Å². The molecule has 1 aliphatic carbocycles. The van der Waals surface area contributed by atoms with Crippen LogP contribution in [0.4, 0.5) is 4.79 Å². The first kappa shape index (κ1) is 15.3. The van der Waals surface area contributed by atoms with E-state index in [1.165, 1.54) is 19.3 Å². The van der Waals surface area contributed by atoms with Gasteiger partial charge in [0.1, 0.15) is 5.60 Å². The Kier molecular flexibility index (Phi) is 5.48. The van der Waals surface area contributed by atoms with E-state index in [1.807, 2.05) is 20.8 Å². The summed E-state index contributed by atoms with van der Waals surface area (Å²) in [5.74, 6) is 1.63. The van der Waals surface area contributed by atoms with Crippen molar-refractivity contribution in [2.24, 2.45) is 11.8 Å². The predicted molar refractivity (Wildman–Crippen MR) is 74.6 cm³/mol. The molecule has 3 heteroatoms. The molecule has 0 unspecified atom stereocenters. The maximum absolute atomic E-state index is 11.7. The van der Waals surface area contributed by atoms with Crippen molar-refractivity contribution in [1.29, 1.82) is 0 Å². The van der Waals surface area contributed by atoms with Crippen molar-refractivity contribution in [3.8, 4) is 0 Å². The number of alkyl carbamates (subject to hydrolysis) is 1. The molecule has 0 aliphatic heterocycles. The Morgan fingerprint density at radius 3 is 2.22 bits per heavy atom. The maximum Gasteiger partial charge on any atom is 0.407 e. The predicted octanol–water partition coefficient (Wildman–Crippen LogP) is 4.12. The van der Waals surface area contributed by atoms with Gasteiger partial charge in [0.15, 0.2) is 0 Å². The highest BCUT2D eigenvalue weighted by Gasteiger charge is 2.24. The van der Waals surface area contributed by atoms with E-state index in [0.717, 1.165) is 24.7 Å². The van der Waals surface area contributed by atoms with Crippen LogP contribution in [0.5, 0.6) is 0 Å². The number of ether oxygens (including phenoxy) is 1. The van der Waals surface area contributed by atoms with Gasteiger partial charge in [-0.2, -0.15) is 0 Å². The average molecular weight is 255 g/mol. The van der Waals surface area contributed by atoms with E-state index < -0.39 is 5.60 Å². The lowest BCUT2D eigenvalue weighted by atomic mass is 9.81. The van der Waals surface area contributed by atoms with Gasteiger partial charge < -0.3 is 10.1 Å². The Morgan fingerprint density at radius 1 is 1.22 bits per heavy atom. The van der Waals surface area contributed by atoms with E-state index in [9.17, 15) is 4.79 Å². The topological polar surface area (TPSA) is 38.3 Å². The first-order valence-corrected chi connectivity index (χ1v) is 7.26. The Morgan fingerprint density at radius 2 is 1.78 bits per heavy atom. The Hall–Kier alpha value is -0.730. The first-order valence-electron chi connectivity index (χ1n) is 7.26. The van der Waals surface area contributed by atoms with Crippen LogP contribution in [0.2, 0.25) is 0 Å². The van der Waals surface area contributed by atoms with Crippen LogP contribution in [0.15, 0.2) is 0 Å². The van der Waals surface area contributed by atoms with Gasteiger partial charge >= 0.3 is 6.09 Å². The zero-order valence-electron chi connectivity index (χ0n) is 12.6. The molecule has 0 heterocycles. The fourth-order valence-corrected chi connectivity index (χ4v) is 2.68. The van der Waals surface area contributed by atoms with Crippen molar-refractivity contribution in [3.63, 3.8) is 0 Å². The van der Waals surface area contributed by atoms with Gasteiger partial charge in [0.05, 0.1) is 0 Å². The van der Waals surface area contributed by atoms with Gasteiger partial charge in [-0.3, -0.25) is 0 Å². The Labute approximate surface area is 112 Å². The summed E-state index contributed by atoms with van der Waals surface area (Å²) in [7, 11) is 0. The van der Waals surface area contributed by atoms with Crippen molar-refractivity contribution in [1.82, 2.24) is 5.32 Å². The van der Waals surface area contributed by atoms with Crippen LogP contribution in [-0.2, 0) is 4.74 Å². The molecule has 1 rings (SSSR count). The zero-order valence-corrected chi connectivity index (χ0v) is 12.6. The fourth-order valence-electron chi connectivity index (χ4n) is 2.68. The maximum atomic E-state index is 11.7. The number of hydrogen-bond donors (Lipinski definition) is 1. The molecule has 0 aromatic rings. The molecule has 0 aromatic heterocycles. The van der Waals surface area contributed by atoms with Crippen LogP contribution >= 0.6 is 0 Å². The van der Waals surface area contributed by atoms with Crippen LogP contribution in [-0.4, -0.2) is 17.7 Å². The number of hydrogen-bond acceptors (Lipinski definition) is 2. The minimum absolute atomic E-state index is 0.269. The summed E-state index contributed by atoms with van der Waals surface area (Å²) in [6.07, 6.45) is 5.71. The second-order valence-corrected chi connectivity index (χ2v) is 6.99. The summed E-state index contributed by atoms with van der Waals surface area (Å²) in [6.45, 7) is 10.3. The van der Waals surface area contributed by atoms with Gasteiger partial charge in [-0.25, -0.2) is 4.79 Å². The molecule has 1 amide bonds. The minimum atomic E-state index is -0.404. The van der Waals surface area contributed by atoms with E-state index in [0.29, 0.717) is 6.04 Å². The molecule has 0 spiro atoms. The van der Waals surface area contributed by atoms with Gasteiger partial charge in [0.2, 0.25) is 0 Å². The van der Waals surface area contributed by atoms with Crippen molar-refractivity contribution >= 4 is 6.09 Å². The normalized spacial score (nSPS) is 25.0. The van der Waals surface area contributed by atoms with Crippen LogP contribution in [0.1, 0.15) is 66.7 Å². The molecule has 1 saturated carbocycles. The van der Waals surface area contributed by atoms with E-state index >= 15 is 0 Å². The SMILES string of the molecule is CC(C)C[C@H]1CC[C@H](NC(=O)OC(C)(C)C)CC1. The highest BCUT2D eigenvalue weighted by atomic mass is 16.6. The largest absolute Gasteiger partial charge is 0.444 e. The van der Waals surface area contributed by atoms with Crippen LogP contribution in [0, 0.1) is 11.8 Å². The van der Waals surface area contributed by atoms with E-state index in [2.05, 4.69) is 19.2 Å². The second-order valence-electron chi connectivity index (χ2n) is 6.99. The van der Waals surface area contributed by atoms with Crippen molar-refractivity contribution in [2.45, 2.75) is 78.4 Å². The van der Waals surface area contributed by atoms with Crippen molar-refractivity contribution < 1.29 is 9.53 Å². The highest BCUT2D eigenvalue weighted by Crippen LogP contribution is 2.29. The Balaban J connectivity index is 2.25. The first-order chi connectivity index (χ1) is 8.26. The van der Waals surface area contributed by atoms with Gasteiger partial charge in [-0.1, -0.05) is 13.8 Å². The number of carbonyl (C=O) groups is 1. The standard InChI is InChI=1S/C15H29NO2/c1-11(2)10-12-6-8-13(9-7-12)16-14(17)18-15(3,4)5/h11-13H,6-10H2,1-5H3,(H,16,17)/t12-,13-. The number of nitrogens with one attached hydrogen (secondary N) is 1. The van der Waals surface area contributed by atoms with Gasteiger partial charge in [0, 0.05) is 6.04 Å². The Bertz CT molecular complexity index is 260. The molecule has 0 atom stereocenters. The number of carbonyl (C=O) groups excluding carboxylic acids is 1. The summed E-state index contributed by atoms with van der Waals surface area (Å²) in [4.78, 5) is 11.7. The molecular weight excluding hydrogens is 226 g/mol. The van der Waals surface area contributed by atoms with Crippen molar-refractivity contribution in [2.75, 3.05) is 0 Å². The second kappa shape index (κ2) is 6.44. The van der Waals surface area contributed by atoms with E-state index in [-0.39, 0.29) is 6.09 Å². The lowest BCUT2D eigenvalue weighted by Crippen LogP contribution is -2.41. The molecule has 0 aromatic carbocycles. The lowest BCUT2D eigenvalue weighted by molar-refractivity contribution is 0.0485. The minimum Gasteiger partial charge on any atom is -0.444 e. The van der Waals surface area contributed by atoms with E-state index in [4.69, 9.17) is 4.74 Å². The zero-order chi connectivity index (χ0) is 13.8.